The minimum absolute atomic E-state index is 0.0589. The van der Waals surface area contributed by atoms with E-state index in [4.69, 9.17) is 23.2 Å². The number of benzene rings is 4. The molecule has 0 spiro atoms. The summed E-state index contributed by atoms with van der Waals surface area (Å²) in [6, 6.07) is 31.5. The molecule has 0 fully saturated rings. The summed E-state index contributed by atoms with van der Waals surface area (Å²) >= 11 is 12.9. The van der Waals surface area contributed by atoms with Gasteiger partial charge >= 0.3 is 0 Å². The fourth-order valence-electron chi connectivity index (χ4n) is 4.82. The first-order valence-electron chi connectivity index (χ1n) is 12.7. The van der Waals surface area contributed by atoms with Crippen LogP contribution in [0.15, 0.2) is 109 Å². The third-order valence-electron chi connectivity index (χ3n) is 6.80. The third kappa shape index (κ3) is 6.17. The Morgan fingerprint density at radius 2 is 1.41 bits per heavy atom. The molecule has 196 valence electrons. The highest BCUT2D eigenvalue weighted by molar-refractivity contribution is 6.33. The van der Waals surface area contributed by atoms with Crippen LogP contribution in [0.5, 0.6) is 0 Å². The van der Waals surface area contributed by atoms with Crippen LogP contribution in [-0.4, -0.2) is 23.3 Å². The Morgan fingerprint density at radius 3 is 2.18 bits per heavy atom. The van der Waals surface area contributed by atoms with Crippen molar-refractivity contribution in [1.29, 1.82) is 0 Å². The van der Waals surface area contributed by atoms with Gasteiger partial charge in [-0.15, -0.1) is 0 Å². The predicted octanol–water partition coefficient (Wildman–Crippen LogP) is 7.28. The van der Waals surface area contributed by atoms with Gasteiger partial charge in [-0.25, -0.2) is 0 Å². The van der Waals surface area contributed by atoms with Gasteiger partial charge in [0, 0.05) is 34.6 Å². The standard InChI is InChI=1S/C32H27Cl2N3O2/c33-27-15-7-4-12-22(27)25(26-19-35-29-17-9-6-13-23(26)29)20-36-31(38)18-30(21-10-2-1-3-11-21)37-32(39)24-14-5-8-16-28(24)34/h1-17,19,25,30,35H,18,20H2,(H,36,38)(H,37,39)/t25-,30+/m0/s1. The van der Waals surface area contributed by atoms with E-state index in [9.17, 15) is 9.59 Å². The van der Waals surface area contributed by atoms with Crippen LogP contribution in [0.4, 0.5) is 0 Å². The monoisotopic (exact) mass is 555 g/mol. The Hall–Kier alpha value is -4.06. The van der Waals surface area contributed by atoms with Gasteiger partial charge in [-0.05, 0) is 41.0 Å². The number of carbonyl (C=O) groups excluding carboxylic acids is 2. The van der Waals surface area contributed by atoms with Crippen LogP contribution in [0.25, 0.3) is 10.9 Å². The van der Waals surface area contributed by atoms with E-state index in [2.05, 4.69) is 21.7 Å². The van der Waals surface area contributed by atoms with Crippen molar-refractivity contribution in [2.24, 2.45) is 0 Å². The predicted molar refractivity (Wildman–Crippen MR) is 157 cm³/mol. The summed E-state index contributed by atoms with van der Waals surface area (Å²) in [5.41, 5.74) is 4.18. The van der Waals surface area contributed by atoms with Crippen molar-refractivity contribution >= 4 is 45.9 Å². The zero-order valence-electron chi connectivity index (χ0n) is 21.0. The van der Waals surface area contributed by atoms with Crippen LogP contribution in [0.1, 0.15) is 45.4 Å². The second-order valence-electron chi connectivity index (χ2n) is 9.29. The first-order chi connectivity index (χ1) is 19.0. The molecule has 5 nitrogen and oxygen atoms in total. The number of para-hydroxylation sites is 1. The van der Waals surface area contributed by atoms with Crippen molar-refractivity contribution in [2.45, 2.75) is 18.4 Å². The molecule has 4 aromatic carbocycles. The van der Waals surface area contributed by atoms with E-state index < -0.39 is 6.04 Å². The molecule has 2 atom stereocenters. The van der Waals surface area contributed by atoms with E-state index in [0.29, 0.717) is 22.2 Å². The molecule has 0 radical (unpaired) electrons. The lowest BCUT2D eigenvalue weighted by molar-refractivity contribution is -0.121. The molecule has 0 aliphatic carbocycles. The molecule has 1 aromatic heterocycles. The molecular weight excluding hydrogens is 529 g/mol. The summed E-state index contributed by atoms with van der Waals surface area (Å²) in [5.74, 6) is -0.707. The Bertz CT molecular complexity index is 1600. The van der Waals surface area contributed by atoms with Crippen molar-refractivity contribution in [2.75, 3.05) is 6.54 Å². The summed E-state index contributed by atoms with van der Waals surface area (Å²) < 4.78 is 0. The zero-order valence-corrected chi connectivity index (χ0v) is 22.5. The third-order valence-corrected chi connectivity index (χ3v) is 7.47. The van der Waals surface area contributed by atoms with Gasteiger partial charge in [0.05, 0.1) is 23.0 Å². The molecule has 0 bridgehead atoms. The average Bonchev–Trinajstić information content (AvgIpc) is 3.38. The molecular formula is C32H27Cl2N3O2. The van der Waals surface area contributed by atoms with Gasteiger partial charge < -0.3 is 15.6 Å². The number of aromatic nitrogens is 1. The lowest BCUT2D eigenvalue weighted by Gasteiger charge is -2.22. The number of rotatable bonds is 9. The number of halogens is 2. The van der Waals surface area contributed by atoms with E-state index in [1.165, 1.54) is 0 Å². The number of hydrogen-bond donors (Lipinski definition) is 3. The molecule has 39 heavy (non-hydrogen) atoms. The van der Waals surface area contributed by atoms with Gasteiger partial charge in [0.2, 0.25) is 5.91 Å². The van der Waals surface area contributed by atoms with Crippen LogP contribution < -0.4 is 10.6 Å². The van der Waals surface area contributed by atoms with Crippen LogP contribution in [0, 0.1) is 0 Å². The van der Waals surface area contributed by atoms with Crippen LogP contribution >= 0.6 is 23.2 Å². The average molecular weight is 556 g/mol. The number of aromatic amines is 1. The molecule has 0 aliphatic heterocycles. The fraction of sp³-hybridized carbons (Fsp3) is 0.125. The molecule has 5 aromatic rings. The molecule has 7 heteroatoms. The maximum Gasteiger partial charge on any atom is 0.253 e. The maximum atomic E-state index is 13.3. The Labute approximate surface area is 237 Å². The molecule has 0 saturated heterocycles. The molecule has 5 rings (SSSR count). The van der Waals surface area contributed by atoms with E-state index in [1.807, 2.05) is 79.0 Å². The first kappa shape index (κ1) is 26.5. The van der Waals surface area contributed by atoms with Crippen molar-refractivity contribution in [3.8, 4) is 0 Å². The van der Waals surface area contributed by atoms with E-state index in [0.717, 1.165) is 27.6 Å². The van der Waals surface area contributed by atoms with Gasteiger partial charge in [0.1, 0.15) is 0 Å². The smallest absolute Gasteiger partial charge is 0.253 e. The Kier molecular flexibility index (Phi) is 8.30. The number of nitrogens with one attached hydrogen (secondary N) is 3. The minimum atomic E-state index is -0.540. The molecule has 2 amide bonds. The molecule has 0 aliphatic rings. The van der Waals surface area contributed by atoms with Crippen LogP contribution in [0.2, 0.25) is 10.0 Å². The Balaban J connectivity index is 1.37. The SMILES string of the molecule is O=C(C[C@@H](NC(=O)c1ccccc1Cl)c1ccccc1)NC[C@@H](c1ccccc1Cl)c1c[nH]c2ccccc12. The highest BCUT2D eigenvalue weighted by atomic mass is 35.5. The lowest BCUT2D eigenvalue weighted by atomic mass is 9.90. The molecule has 0 unspecified atom stereocenters. The van der Waals surface area contributed by atoms with E-state index in [1.54, 1.807) is 24.3 Å². The molecule has 0 saturated carbocycles. The van der Waals surface area contributed by atoms with E-state index >= 15 is 0 Å². The maximum absolute atomic E-state index is 13.3. The zero-order chi connectivity index (χ0) is 27.2. The summed E-state index contributed by atoms with van der Waals surface area (Å²) in [5, 5.41) is 8.15. The van der Waals surface area contributed by atoms with Crippen LogP contribution in [-0.2, 0) is 4.79 Å². The largest absolute Gasteiger partial charge is 0.361 e. The van der Waals surface area contributed by atoms with Gasteiger partial charge in [-0.2, -0.15) is 0 Å². The van der Waals surface area contributed by atoms with Gasteiger partial charge in [-0.1, -0.05) is 102 Å². The normalized spacial score (nSPS) is 12.6. The van der Waals surface area contributed by atoms with Crippen molar-refractivity contribution < 1.29 is 9.59 Å². The second-order valence-corrected chi connectivity index (χ2v) is 10.1. The number of H-pyrrole nitrogens is 1. The van der Waals surface area contributed by atoms with Gasteiger partial charge in [-0.3, -0.25) is 9.59 Å². The van der Waals surface area contributed by atoms with Crippen LogP contribution in [0.3, 0.4) is 0 Å². The number of amides is 2. The van der Waals surface area contributed by atoms with Crippen molar-refractivity contribution in [1.82, 2.24) is 15.6 Å². The summed E-state index contributed by atoms with van der Waals surface area (Å²) in [6.45, 7) is 0.338. The number of fused-ring (bicyclic) bond motifs is 1. The Morgan fingerprint density at radius 1 is 0.744 bits per heavy atom. The van der Waals surface area contributed by atoms with E-state index in [-0.39, 0.29) is 24.2 Å². The summed E-state index contributed by atoms with van der Waals surface area (Å²) in [7, 11) is 0. The number of hydrogen-bond acceptors (Lipinski definition) is 2. The van der Waals surface area contributed by atoms with Gasteiger partial charge in [0.25, 0.3) is 5.91 Å². The topological polar surface area (TPSA) is 74.0 Å². The second kappa shape index (κ2) is 12.2. The molecule has 3 N–H and O–H groups in total. The summed E-state index contributed by atoms with van der Waals surface area (Å²) in [6.07, 6.45) is 2.03. The number of carbonyl (C=O) groups is 2. The highest BCUT2D eigenvalue weighted by Crippen LogP contribution is 2.34. The van der Waals surface area contributed by atoms with Crippen molar-refractivity contribution in [3.05, 3.63) is 142 Å². The lowest BCUT2D eigenvalue weighted by Crippen LogP contribution is -2.35. The first-order valence-corrected chi connectivity index (χ1v) is 13.4. The summed E-state index contributed by atoms with van der Waals surface area (Å²) in [4.78, 5) is 29.7. The minimum Gasteiger partial charge on any atom is -0.361 e. The highest BCUT2D eigenvalue weighted by Gasteiger charge is 2.24. The quantitative estimate of drug-likeness (QED) is 0.179. The molecule has 1 heterocycles. The van der Waals surface area contributed by atoms with Crippen molar-refractivity contribution in [3.63, 3.8) is 0 Å². The fourth-order valence-corrected chi connectivity index (χ4v) is 5.31. The van der Waals surface area contributed by atoms with Gasteiger partial charge in [0.15, 0.2) is 0 Å².